The average molecular weight is 363 g/mol. The van der Waals surface area contributed by atoms with Crippen LogP contribution >= 0.6 is 11.3 Å². The van der Waals surface area contributed by atoms with Gasteiger partial charge in [-0.1, -0.05) is 24.3 Å². The molecule has 2 heterocycles. The molecule has 0 aliphatic carbocycles. The summed E-state index contributed by atoms with van der Waals surface area (Å²) in [6.07, 6.45) is 2.29. The Bertz CT molecular complexity index is 889. The normalized spacial score (nSPS) is 15.8. The summed E-state index contributed by atoms with van der Waals surface area (Å²) in [7, 11) is 0. The van der Waals surface area contributed by atoms with Crippen LogP contribution in [-0.2, 0) is 0 Å². The van der Waals surface area contributed by atoms with E-state index in [2.05, 4.69) is 35.2 Å². The lowest BCUT2D eigenvalue weighted by molar-refractivity contribution is 0.173. The minimum absolute atomic E-state index is 0.573. The van der Waals surface area contributed by atoms with Crippen LogP contribution in [0.2, 0.25) is 0 Å². The zero-order valence-corrected chi connectivity index (χ0v) is 15.4. The van der Waals surface area contributed by atoms with Gasteiger partial charge in [-0.2, -0.15) is 5.26 Å². The standard InChI is InChI=1S/C21H21N3OS/c22-15-17-5-1-3-7-19(17)25-14-13-24-11-9-16(10-12-24)21-23-18-6-2-4-8-20(18)26-21/h1-8,16H,9-14H2. The fourth-order valence-corrected chi connectivity index (χ4v) is 4.57. The van der Waals surface area contributed by atoms with E-state index in [-0.39, 0.29) is 0 Å². The van der Waals surface area contributed by atoms with Crippen LogP contribution in [0.1, 0.15) is 29.3 Å². The van der Waals surface area contributed by atoms with E-state index in [1.165, 1.54) is 9.71 Å². The fourth-order valence-electron chi connectivity index (χ4n) is 3.44. The first-order valence-corrected chi connectivity index (χ1v) is 9.85. The van der Waals surface area contributed by atoms with E-state index >= 15 is 0 Å². The van der Waals surface area contributed by atoms with Gasteiger partial charge in [0.15, 0.2) is 0 Å². The molecule has 0 amide bonds. The van der Waals surface area contributed by atoms with Crippen molar-refractivity contribution in [3.63, 3.8) is 0 Å². The summed E-state index contributed by atoms with van der Waals surface area (Å²) in [6, 6.07) is 18.0. The quantitative estimate of drug-likeness (QED) is 0.673. The summed E-state index contributed by atoms with van der Waals surface area (Å²) in [6.45, 7) is 3.66. The van der Waals surface area contributed by atoms with Gasteiger partial charge in [0, 0.05) is 12.5 Å². The molecule has 1 aliphatic rings. The monoisotopic (exact) mass is 363 g/mol. The third-order valence-electron chi connectivity index (χ3n) is 4.92. The highest BCUT2D eigenvalue weighted by Crippen LogP contribution is 2.33. The van der Waals surface area contributed by atoms with Crippen molar-refractivity contribution in [1.82, 2.24) is 9.88 Å². The van der Waals surface area contributed by atoms with Gasteiger partial charge >= 0.3 is 0 Å². The molecule has 1 saturated heterocycles. The molecular formula is C21H21N3OS. The fraction of sp³-hybridized carbons (Fsp3) is 0.333. The second kappa shape index (κ2) is 7.86. The van der Waals surface area contributed by atoms with Crippen molar-refractivity contribution in [2.75, 3.05) is 26.2 Å². The summed E-state index contributed by atoms with van der Waals surface area (Å²) >= 11 is 1.84. The molecule has 26 heavy (non-hydrogen) atoms. The van der Waals surface area contributed by atoms with Crippen molar-refractivity contribution in [3.8, 4) is 11.8 Å². The Balaban J connectivity index is 1.28. The largest absolute Gasteiger partial charge is 0.491 e. The maximum atomic E-state index is 9.11. The van der Waals surface area contributed by atoms with Gasteiger partial charge in [0.1, 0.15) is 18.4 Å². The zero-order valence-electron chi connectivity index (χ0n) is 14.6. The number of hydrogen-bond donors (Lipinski definition) is 0. The lowest BCUT2D eigenvalue weighted by Gasteiger charge is -2.30. The number of fused-ring (bicyclic) bond motifs is 1. The predicted octanol–water partition coefficient (Wildman–Crippen LogP) is 4.43. The van der Waals surface area contributed by atoms with Crippen molar-refractivity contribution in [3.05, 3.63) is 59.1 Å². The minimum atomic E-state index is 0.573. The molecule has 132 valence electrons. The van der Waals surface area contributed by atoms with Crippen LogP contribution in [0.3, 0.4) is 0 Å². The Hall–Kier alpha value is -2.42. The maximum absolute atomic E-state index is 9.11. The van der Waals surface area contributed by atoms with Crippen molar-refractivity contribution in [2.24, 2.45) is 0 Å². The van der Waals surface area contributed by atoms with Crippen molar-refractivity contribution in [1.29, 1.82) is 5.26 Å². The first-order valence-electron chi connectivity index (χ1n) is 9.03. The molecule has 0 saturated carbocycles. The van der Waals surface area contributed by atoms with Gasteiger partial charge in [-0.25, -0.2) is 4.98 Å². The SMILES string of the molecule is N#Cc1ccccc1OCCN1CCC(c2nc3ccccc3s2)CC1. The highest BCUT2D eigenvalue weighted by Gasteiger charge is 2.23. The first kappa shape index (κ1) is 17.0. The average Bonchev–Trinajstić information content (AvgIpc) is 3.13. The molecule has 0 spiro atoms. The topological polar surface area (TPSA) is 49.1 Å². The summed E-state index contributed by atoms with van der Waals surface area (Å²) < 4.78 is 7.09. The molecule has 0 unspecified atom stereocenters. The highest BCUT2D eigenvalue weighted by molar-refractivity contribution is 7.18. The van der Waals surface area contributed by atoms with Crippen LogP contribution in [0.15, 0.2) is 48.5 Å². The molecule has 0 atom stereocenters. The van der Waals surface area contributed by atoms with E-state index in [1.807, 2.05) is 29.5 Å². The van der Waals surface area contributed by atoms with E-state index in [0.717, 1.165) is 38.0 Å². The van der Waals surface area contributed by atoms with Gasteiger partial charge in [0.2, 0.25) is 0 Å². The van der Waals surface area contributed by atoms with Gasteiger partial charge in [0.25, 0.3) is 0 Å². The third kappa shape index (κ3) is 3.72. The molecule has 4 rings (SSSR count). The van der Waals surface area contributed by atoms with E-state index < -0.39 is 0 Å². The zero-order chi connectivity index (χ0) is 17.8. The number of hydrogen-bond acceptors (Lipinski definition) is 5. The van der Waals surface area contributed by atoms with Gasteiger partial charge < -0.3 is 4.74 Å². The van der Waals surface area contributed by atoms with E-state index in [0.29, 0.717) is 23.8 Å². The second-order valence-corrected chi connectivity index (χ2v) is 7.65. The Morgan fingerprint density at radius 1 is 1.12 bits per heavy atom. The highest BCUT2D eigenvalue weighted by atomic mass is 32.1. The molecule has 4 nitrogen and oxygen atoms in total. The number of para-hydroxylation sites is 2. The number of piperidine rings is 1. The lowest BCUT2D eigenvalue weighted by atomic mass is 9.97. The van der Waals surface area contributed by atoms with Gasteiger partial charge in [0.05, 0.1) is 20.8 Å². The molecule has 0 radical (unpaired) electrons. The predicted molar refractivity (Wildman–Crippen MR) is 105 cm³/mol. The number of ether oxygens (including phenoxy) is 1. The summed E-state index contributed by atoms with van der Waals surface area (Å²) in [4.78, 5) is 7.27. The number of aromatic nitrogens is 1. The minimum Gasteiger partial charge on any atom is -0.491 e. The van der Waals surface area contributed by atoms with Crippen molar-refractivity contribution in [2.45, 2.75) is 18.8 Å². The number of nitriles is 1. The molecule has 1 aromatic heterocycles. The number of likely N-dealkylation sites (tertiary alicyclic amines) is 1. The Labute approximate surface area is 157 Å². The number of rotatable bonds is 5. The van der Waals surface area contributed by atoms with E-state index in [1.54, 1.807) is 6.07 Å². The Morgan fingerprint density at radius 3 is 2.69 bits per heavy atom. The molecule has 0 N–H and O–H groups in total. The summed E-state index contributed by atoms with van der Waals surface area (Å²) in [5.74, 6) is 1.25. The Kier molecular flexibility index (Phi) is 5.14. The van der Waals surface area contributed by atoms with Gasteiger partial charge in [-0.3, -0.25) is 4.90 Å². The molecule has 3 aromatic rings. The van der Waals surface area contributed by atoms with Crippen molar-refractivity contribution < 1.29 is 4.74 Å². The first-order chi connectivity index (χ1) is 12.8. The Morgan fingerprint density at radius 2 is 1.88 bits per heavy atom. The molecule has 2 aromatic carbocycles. The van der Waals surface area contributed by atoms with Crippen LogP contribution in [0, 0.1) is 11.3 Å². The van der Waals surface area contributed by atoms with Crippen LogP contribution in [-0.4, -0.2) is 36.1 Å². The van der Waals surface area contributed by atoms with Crippen molar-refractivity contribution >= 4 is 21.6 Å². The number of nitrogens with zero attached hydrogens (tertiary/aromatic N) is 3. The van der Waals surface area contributed by atoms with Crippen LogP contribution < -0.4 is 4.74 Å². The third-order valence-corrected chi connectivity index (χ3v) is 6.12. The molecular weight excluding hydrogens is 342 g/mol. The number of thiazole rings is 1. The maximum Gasteiger partial charge on any atom is 0.137 e. The summed E-state index contributed by atoms with van der Waals surface area (Å²) in [5.41, 5.74) is 1.72. The van der Waals surface area contributed by atoms with Crippen LogP contribution in [0.5, 0.6) is 5.75 Å². The molecule has 0 bridgehead atoms. The second-order valence-electron chi connectivity index (χ2n) is 6.59. The molecule has 5 heteroatoms. The van der Waals surface area contributed by atoms with Crippen LogP contribution in [0.25, 0.3) is 10.2 Å². The van der Waals surface area contributed by atoms with E-state index in [4.69, 9.17) is 15.0 Å². The number of benzene rings is 2. The smallest absolute Gasteiger partial charge is 0.137 e. The lowest BCUT2D eigenvalue weighted by Crippen LogP contribution is -2.35. The molecule has 1 aliphatic heterocycles. The van der Waals surface area contributed by atoms with Gasteiger partial charge in [-0.05, 0) is 50.2 Å². The summed E-state index contributed by atoms with van der Waals surface area (Å²) in [5, 5.41) is 10.4. The van der Waals surface area contributed by atoms with E-state index in [9.17, 15) is 0 Å². The molecule has 1 fully saturated rings. The van der Waals surface area contributed by atoms with Gasteiger partial charge in [-0.15, -0.1) is 11.3 Å². The van der Waals surface area contributed by atoms with Crippen LogP contribution in [0.4, 0.5) is 0 Å².